The molecule has 0 aliphatic heterocycles. The van der Waals surface area contributed by atoms with Crippen LogP contribution in [-0.2, 0) is 12.3 Å². The van der Waals surface area contributed by atoms with Crippen molar-refractivity contribution < 1.29 is 4.74 Å². The second-order valence-electron chi connectivity index (χ2n) is 4.30. The minimum absolute atomic E-state index is 0.445. The van der Waals surface area contributed by atoms with E-state index < -0.39 is 0 Å². The highest BCUT2D eigenvalue weighted by Crippen LogP contribution is 2.28. The first-order valence-electron chi connectivity index (χ1n) is 6.12. The van der Waals surface area contributed by atoms with Crippen LogP contribution in [0.3, 0.4) is 0 Å². The van der Waals surface area contributed by atoms with E-state index in [0.29, 0.717) is 22.5 Å². The van der Waals surface area contributed by atoms with Crippen molar-refractivity contribution in [1.29, 1.82) is 0 Å². The Morgan fingerprint density at radius 1 is 1.21 bits per heavy atom. The summed E-state index contributed by atoms with van der Waals surface area (Å²) in [6.07, 6.45) is 0.843. The van der Waals surface area contributed by atoms with Crippen LogP contribution in [0.15, 0.2) is 30.3 Å². The molecule has 100 valence electrons. The van der Waals surface area contributed by atoms with Crippen molar-refractivity contribution in [2.24, 2.45) is 0 Å². The molecule has 0 fully saturated rings. The van der Waals surface area contributed by atoms with Gasteiger partial charge in [-0.15, -0.1) is 11.6 Å². The molecule has 0 amide bonds. The summed E-state index contributed by atoms with van der Waals surface area (Å²) in [4.78, 5) is 4.44. The van der Waals surface area contributed by atoms with Crippen LogP contribution in [0.25, 0.3) is 0 Å². The van der Waals surface area contributed by atoms with E-state index in [1.54, 1.807) is 6.07 Å². The third-order valence-electron chi connectivity index (χ3n) is 2.80. The SMILES string of the molecule is CCc1cc(CCl)cc(Oc2cc(Cl)ccc2C)n1. The van der Waals surface area contributed by atoms with Crippen LogP contribution in [0, 0.1) is 6.92 Å². The number of pyridine rings is 1. The number of halogens is 2. The van der Waals surface area contributed by atoms with Crippen molar-refractivity contribution in [2.75, 3.05) is 0 Å². The first-order chi connectivity index (χ1) is 9.12. The standard InChI is InChI=1S/C15H15Cl2NO/c1-3-13-6-11(9-16)7-15(18-13)19-14-8-12(17)5-4-10(14)2/h4-8H,3,9H2,1-2H3. The summed E-state index contributed by atoms with van der Waals surface area (Å²) in [6.45, 7) is 4.02. The minimum atomic E-state index is 0.445. The van der Waals surface area contributed by atoms with Gasteiger partial charge in [0, 0.05) is 22.7 Å². The summed E-state index contributed by atoms with van der Waals surface area (Å²) in [7, 11) is 0. The first kappa shape index (κ1) is 14.2. The third-order valence-corrected chi connectivity index (χ3v) is 3.34. The van der Waals surface area contributed by atoms with Crippen molar-refractivity contribution in [2.45, 2.75) is 26.1 Å². The minimum Gasteiger partial charge on any atom is -0.439 e. The molecule has 2 nitrogen and oxygen atoms in total. The average molecular weight is 296 g/mol. The van der Waals surface area contributed by atoms with Crippen molar-refractivity contribution in [3.8, 4) is 11.6 Å². The molecule has 0 spiro atoms. The molecule has 2 rings (SSSR count). The van der Waals surface area contributed by atoms with Crippen LogP contribution >= 0.6 is 23.2 Å². The Morgan fingerprint density at radius 3 is 2.68 bits per heavy atom. The number of ether oxygens (including phenoxy) is 1. The number of hydrogen-bond acceptors (Lipinski definition) is 2. The summed E-state index contributed by atoms with van der Waals surface area (Å²) in [5, 5.41) is 0.643. The summed E-state index contributed by atoms with van der Waals surface area (Å²) < 4.78 is 5.82. The number of rotatable bonds is 4. The van der Waals surface area contributed by atoms with E-state index in [1.165, 1.54) is 0 Å². The van der Waals surface area contributed by atoms with Gasteiger partial charge in [-0.25, -0.2) is 4.98 Å². The molecule has 0 aliphatic carbocycles. The molecule has 2 aromatic rings. The third kappa shape index (κ3) is 3.62. The molecular weight excluding hydrogens is 281 g/mol. The Morgan fingerprint density at radius 2 is 2.00 bits per heavy atom. The predicted molar refractivity (Wildman–Crippen MR) is 79.4 cm³/mol. The second-order valence-corrected chi connectivity index (χ2v) is 5.01. The molecule has 0 N–H and O–H groups in total. The Balaban J connectivity index is 2.34. The molecule has 1 aromatic carbocycles. The maximum atomic E-state index is 5.98. The van der Waals surface area contributed by atoms with Crippen LogP contribution in [0.2, 0.25) is 5.02 Å². The van der Waals surface area contributed by atoms with Crippen molar-refractivity contribution in [1.82, 2.24) is 4.98 Å². The Hall–Kier alpha value is -1.25. The van der Waals surface area contributed by atoms with E-state index in [2.05, 4.69) is 11.9 Å². The number of benzene rings is 1. The van der Waals surface area contributed by atoms with E-state index in [9.17, 15) is 0 Å². The Bertz CT molecular complexity index is 562. The summed E-state index contributed by atoms with van der Waals surface area (Å²) in [6, 6.07) is 9.39. The van der Waals surface area contributed by atoms with E-state index in [1.807, 2.05) is 31.2 Å². The van der Waals surface area contributed by atoms with Crippen LogP contribution in [0.4, 0.5) is 0 Å². The summed E-state index contributed by atoms with van der Waals surface area (Å²) in [5.74, 6) is 1.72. The summed E-state index contributed by atoms with van der Waals surface area (Å²) in [5.41, 5.74) is 2.98. The lowest BCUT2D eigenvalue weighted by Crippen LogP contribution is -1.96. The second kappa shape index (κ2) is 6.27. The van der Waals surface area contributed by atoms with E-state index in [0.717, 1.165) is 23.2 Å². The lowest BCUT2D eigenvalue weighted by molar-refractivity contribution is 0.457. The molecule has 0 atom stereocenters. The van der Waals surface area contributed by atoms with Gasteiger partial charge in [0.05, 0.1) is 0 Å². The Kier molecular flexibility index (Phi) is 4.67. The normalized spacial score (nSPS) is 10.5. The lowest BCUT2D eigenvalue weighted by Gasteiger charge is -2.10. The average Bonchev–Trinajstić information content (AvgIpc) is 2.42. The Labute approximate surface area is 123 Å². The van der Waals surface area contributed by atoms with E-state index in [-0.39, 0.29) is 0 Å². The maximum absolute atomic E-state index is 5.98. The zero-order valence-corrected chi connectivity index (χ0v) is 12.4. The maximum Gasteiger partial charge on any atom is 0.219 e. The molecule has 0 radical (unpaired) electrons. The molecule has 1 heterocycles. The van der Waals surface area contributed by atoms with Crippen molar-refractivity contribution in [3.63, 3.8) is 0 Å². The monoisotopic (exact) mass is 295 g/mol. The van der Waals surface area contributed by atoms with Gasteiger partial charge in [0.25, 0.3) is 0 Å². The van der Waals surface area contributed by atoms with Gasteiger partial charge in [-0.2, -0.15) is 0 Å². The fourth-order valence-electron chi connectivity index (χ4n) is 1.73. The number of hydrogen-bond donors (Lipinski definition) is 0. The van der Waals surface area contributed by atoms with Crippen LogP contribution in [0.5, 0.6) is 11.6 Å². The molecule has 0 saturated heterocycles. The molecule has 0 unspecified atom stereocenters. The number of nitrogens with zero attached hydrogens (tertiary/aromatic N) is 1. The van der Waals surface area contributed by atoms with Crippen molar-refractivity contribution >= 4 is 23.2 Å². The van der Waals surface area contributed by atoms with E-state index >= 15 is 0 Å². The van der Waals surface area contributed by atoms with Gasteiger partial charge in [-0.05, 0) is 42.7 Å². The summed E-state index contributed by atoms with van der Waals surface area (Å²) >= 11 is 11.9. The number of aromatic nitrogens is 1. The van der Waals surface area contributed by atoms with Gasteiger partial charge in [0.2, 0.25) is 5.88 Å². The van der Waals surface area contributed by atoms with Gasteiger partial charge in [-0.1, -0.05) is 24.6 Å². The number of alkyl halides is 1. The molecule has 4 heteroatoms. The molecule has 0 bridgehead atoms. The first-order valence-corrected chi connectivity index (χ1v) is 7.03. The highest BCUT2D eigenvalue weighted by atomic mass is 35.5. The predicted octanol–water partition coefficient (Wildman–Crippen LogP) is 5.14. The zero-order chi connectivity index (χ0) is 13.8. The molecule has 0 saturated carbocycles. The lowest BCUT2D eigenvalue weighted by atomic mass is 10.2. The van der Waals surface area contributed by atoms with Gasteiger partial charge in [0.15, 0.2) is 0 Å². The fraction of sp³-hybridized carbons (Fsp3) is 0.267. The van der Waals surface area contributed by atoms with Crippen LogP contribution < -0.4 is 4.74 Å². The highest BCUT2D eigenvalue weighted by molar-refractivity contribution is 6.30. The van der Waals surface area contributed by atoms with Crippen LogP contribution in [0.1, 0.15) is 23.7 Å². The highest BCUT2D eigenvalue weighted by Gasteiger charge is 2.06. The fourth-order valence-corrected chi connectivity index (χ4v) is 2.04. The van der Waals surface area contributed by atoms with Gasteiger partial charge >= 0.3 is 0 Å². The van der Waals surface area contributed by atoms with E-state index in [4.69, 9.17) is 27.9 Å². The van der Waals surface area contributed by atoms with Gasteiger partial charge < -0.3 is 4.74 Å². The van der Waals surface area contributed by atoms with Crippen molar-refractivity contribution in [3.05, 3.63) is 52.2 Å². The van der Waals surface area contributed by atoms with Crippen LogP contribution in [-0.4, -0.2) is 4.98 Å². The number of aryl methyl sites for hydroxylation is 2. The largest absolute Gasteiger partial charge is 0.439 e. The van der Waals surface area contributed by atoms with Gasteiger partial charge in [-0.3, -0.25) is 0 Å². The quantitative estimate of drug-likeness (QED) is 0.729. The smallest absolute Gasteiger partial charge is 0.219 e. The molecular formula is C15H15Cl2NO. The topological polar surface area (TPSA) is 22.1 Å². The molecule has 0 aliphatic rings. The zero-order valence-electron chi connectivity index (χ0n) is 10.9. The van der Waals surface area contributed by atoms with Gasteiger partial charge in [0.1, 0.15) is 5.75 Å². The molecule has 19 heavy (non-hydrogen) atoms. The molecule has 1 aromatic heterocycles.